The molecule has 0 aliphatic heterocycles. The lowest BCUT2D eigenvalue weighted by atomic mass is 10.0. The number of nitrogens with zero attached hydrogens (tertiary/aromatic N) is 3. The summed E-state index contributed by atoms with van der Waals surface area (Å²) in [5, 5.41) is 0. The zero-order valence-corrected chi connectivity index (χ0v) is 12.7. The standard InChI is InChI=1S/C13H16BrN5/c1-7(2)10-8(3)17-13(18-12(10)19-15)11-9(14)5-4-6-16-11/h4-7H,15H2,1-3H3,(H,17,18,19). The summed E-state index contributed by atoms with van der Waals surface area (Å²) >= 11 is 3.46. The normalized spacial score (nSPS) is 10.8. The lowest BCUT2D eigenvalue weighted by Crippen LogP contribution is -2.15. The first kappa shape index (κ1) is 13.9. The Hall–Kier alpha value is -1.53. The van der Waals surface area contributed by atoms with Crippen molar-refractivity contribution < 1.29 is 0 Å². The second-order valence-corrected chi connectivity index (χ2v) is 5.38. The third-order valence-electron chi connectivity index (χ3n) is 2.82. The Morgan fingerprint density at radius 2 is 2.05 bits per heavy atom. The summed E-state index contributed by atoms with van der Waals surface area (Å²) in [6.07, 6.45) is 1.71. The van der Waals surface area contributed by atoms with E-state index in [9.17, 15) is 0 Å². The number of nitrogens with two attached hydrogens (primary N) is 1. The molecule has 0 radical (unpaired) electrons. The predicted molar refractivity (Wildman–Crippen MR) is 79.6 cm³/mol. The minimum absolute atomic E-state index is 0.298. The maximum Gasteiger partial charge on any atom is 0.181 e. The zero-order valence-electron chi connectivity index (χ0n) is 11.1. The maximum atomic E-state index is 5.57. The molecule has 6 heteroatoms. The Bertz CT molecular complexity index is 598. The zero-order chi connectivity index (χ0) is 14.0. The topological polar surface area (TPSA) is 76.7 Å². The predicted octanol–water partition coefficient (Wildman–Crippen LogP) is 3.02. The van der Waals surface area contributed by atoms with Crippen molar-refractivity contribution >= 4 is 21.7 Å². The molecule has 2 aromatic heterocycles. The van der Waals surface area contributed by atoms with Gasteiger partial charge in [-0.3, -0.25) is 4.98 Å². The van der Waals surface area contributed by atoms with E-state index in [4.69, 9.17) is 5.84 Å². The first-order valence-electron chi connectivity index (χ1n) is 6.00. The highest BCUT2D eigenvalue weighted by molar-refractivity contribution is 9.10. The van der Waals surface area contributed by atoms with E-state index in [1.165, 1.54) is 0 Å². The van der Waals surface area contributed by atoms with E-state index >= 15 is 0 Å². The SMILES string of the molecule is Cc1nc(-c2ncccc2Br)nc(NN)c1C(C)C. The second-order valence-electron chi connectivity index (χ2n) is 4.53. The highest BCUT2D eigenvalue weighted by Crippen LogP contribution is 2.29. The average molecular weight is 322 g/mol. The molecule has 0 unspecified atom stereocenters. The van der Waals surface area contributed by atoms with Crippen LogP contribution in [0.4, 0.5) is 5.82 Å². The molecule has 0 aromatic carbocycles. The molecule has 0 fully saturated rings. The summed E-state index contributed by atoms with van der Waals surface area (Å²) in [4.78, 5) is 13.3. The second kappa shape index (κ2) is 5.63. The number of pyridine rings is 1. The molecule has 0 saturated carbocycles. The molecule has 0 aliphatic rings. The number of nitrogens with one attached hydrogen (secondary N) is 1. The number of halogens is 1. The van der Waals surface area contributed by atoms with Crippen molar-refractivity contribution in [3.8, 4) is 11.5 Å². The van der Waals surface area contributed by atoms with Gasteiger partial charge >= 0.3 is 0 Å². The van der Waals surface area contributed by atoms with E-state index in [1.54, 1.807) is 6.20 Å². The van der Waals surface area contributed by atoms with Gasteiger partial charge in [-0.15, -0.1) is 0 Å². The molecule has 3 N–H and O–H groups in total. The summed E-state index contributed by atoms with van der Waals surface area (Å²) in [5.74, 6) is 7.07. The van der Waals surface area contributed by atoms with Crippen LogP contribution in [0.5, 0.6) is 0 Å². The smallest absolute Gasteiger partial charge is 0.181 e. The van der Waals surface area contributed by atoms with Gasteiger partial charge in [-0.05, 0) is 40.9 Å². The van der Waals surface area contributed by atoms with E-state index in [0.29, 0.717) is 23.3 Å². The Morgan fingerprint density at radius 3 is 2.63 bits per heavy atom. The number of hydrazine groups is 1. The van der Waals surface area contributed by atoms with Crippen molar-refractivity contribution in [2.45, 2.75) is 26.7 Å². The maximum absolute atomic E-state index is 5.57. The number of hydrogen-bond acceptors (Lipinski definition) is 5. The van der Waals surface area contributed by atoms with Crippen LogP contribution in [-0.2, 0) is 0 Å². The minimum atomic E-state index is 0.298. The van der Waals surface area contributed by atoms with Gasteiger partial charge in [-0.2, -0.15) is 0 Å². The molecule has 0 saturated heterocycles. The largest absolute Gasteiger partial charge is 0.308 e. The van der Waals surface area contributed by atoms with E-state index in [0.717, 1.165) is 15.7 Å². The molecule has 0 bridgehead atoms. The van der Waals surface area contributed by atoms with Gasteiger partial charge in [-0.1, -0.05) is 13.8 Å². The third kappa shape index (κ3) is 2.74. The van der Waals surface area contributed by atoms with Crippen LogP contribution in [0.2, 0.25) is 0 Å². The summed E-state index contributed by atoms with van der Waals surface area (Å²) in [6.45, 7) is 6.13. The van der Waals surface area contributed by atoms with Crippen LogP contribution < -0.4 is 11.3 Å². The van der Waals surface area contributed by atoms with E-state index in [-0.39, 0.29) is 0 Å². The van der Waals surface area contributed by atoms with Gasteiger partial charge in [0.25, 0.3) is 0 Å². The van der Waals surface area contributed by atoms with E-state index in [1.807, 2.05) is 19.1 Å². The van der Waals surface area contributed by atoms with Crippen molar-refractivity contribution in [3.63, 3.8) is 0 Å². The molecule has 2 rings (SSSR count). The minimum Gasteiger partial charge on any atom is -0.308 e. The van der Waals surface area contributed by atoms with Crippen LogP contribution in [-0.4, -0.2) is 15.0 Å². The Labute approximate surface area is 120 Å². The van der Waals surface area contributed by atoms with Crippen LogP contribution in [0.1, 0.15) is 31.0 Å². The van der Waals surface area contributed by atoms with Gasteiger partial charge in [0.2, 0.25) is 0 Å². The lowest BCUT2D eigenvalue weighted by molar-refractivity contribution is 0.831. The van der Waals surface area contributed by atoms with Crippen molar-refractivity contribution in [2.75, 3.05) is 5.43 Å². The molecular formula is C13H16BrN5. The molecule has 0 atom stereocenters. The van der Waals surface area contributed by atoms with Gasteiger partial charge in [0.1, 0.15) is 11.5 Å². The third-order valence-corrected chi connectivity index (χ3v) is 3.46. The van der Waals surface area contributed by atoms with Crippen LogP contribution in [0.3, 0.4) is 0 Å². The Kier molecular flexibility index (Phi) is 4.11. The molecule has 19 heavy (non-hydrogen) atoms. The number of aromatic nitrogens is 3. The number of rotatable bonds is 3. The Balaban J connectivity index is 2.62. The molecule has 0 amide bonds. The molecule has 5 nitrogen and oxygen atoms in total. The lowest BCUT2D eigenvalue weighted by Gasteiger charge is -2.15. The van der Waals surface area contributed by atoms with Crippen LogP contribution in [0, 0.1) is 6.92 Å². The summed E-state index contributed by atoms with van der Waals surface area (Å²) in [6, 6.07) is 3.76. The summed E-state index contributed by atoms with van der Waals surface area (Å²) in [5.41, 5.74) is 5.29. The Morgan fingerprint density at radius 1 is 1.32 bits per heavy atom. The number of hydrogen-bond donors (Lipinski definition) is 2. The molecule has 0 aliphatic carbocycles. The van der Waals surface area contributed by atoms with Crippen LogP contribution in [0.25, 0.3) is 11.5 Å². The fourth-order valence-electron chi connectivity index (χ4n) is 2.04. The van der Waals surface area contributed by atoms with Crippen molar-refractivity contribution in [3.05, 3.63) is 34.1 Å². The van der Waals surface area contributed by atoms with Crippen molar-refractivity contribution in [1.82, 2.24) is 15.0 Å². The van der Waals surface area contributed by atoms with Gasteiger partial charge in [0.15, 0.2) is 5.82 Å². The molecular weight excluding hydrogens is 306 g/mol. The van der Waals surface area contributed by atoms with Gasteiger partial charge in [-0.25, -0.2) is 15.8 Å². The molecule has 0 spiro atoms. The highest BCUT2D eigenvalue weighted by Gasteiger charge is 2.16. The molecule has 2 aromatic rings. The van der Waals surface area contributed by atoms with Crippen molar-refractivity contribution in [2.24, 2.45) is 5.84 Å². The quantitative estimate of drug-likeness (QED) is 0.671. The first-order chi connectivity index (χ1) is 9.04. The highest BCUT2D eigenvalue weighted by atomic mass is 79.9. The van der Waals surface area contributed by atoms with E-state index < -0.39 is 0 Å². The average Bonchev–Trinajstić information content (AvgIpc) is 2.37. The summed E-state index contributed by atoms with van der Waals surface area (Å²) < 4.78 is 0.856. The monoisotopic (exact) mass is 321 g/mol. The number of nitrogen functional groups attached to an aromatic ring is 1. The fourth-order valence-corrected chi connectivity index (χ4v) is 2.47. The number of aryl methyl sites for hydroxylation is 1. The van der Waals surface area contributed by atoms with E-state index in [2.05, 4.69) is 50.2 Å². The molecule has 100 valence electrons. The van der Waals surface area contributed by atoms with Crippen LogP contribution >= 0.6 is 15.9 Å². The van der Waals surface area contributed by atoms with Crippen molar-refractivity contribution in [1.29, 1.82) is 0 Å². The fraction of sp³-hybridized carbons (Fsp3) is 0.308. The van der Waals surface area contributed by atoms with Gasteiger partial charge in [0.05, 0.1) is 0 Å². The van der Waals surface area contributed by atoms with Gasteiger partial charge < -0.3 is 5.43 Å². The van der Waals surface area contributed by atoms with Crippen LogP contribution in [0.15, 0.2) is 22.8 Å². The summed E-state index contributed by atoms with van der Waals surface area (Å²) in [7, 11) is 0. The first-order valence-corrected chi connectivity index (χ1v) is 6.80. The molecule has 2 heterocycles. The number of anilines is 1. The van der Waals surface area contributed by atoms with Gasteiger partial charge in [0, 0.05) is 21.9 Å².